The lowest BCUT2D eigenvalue weighted by molar-refractivity contribution is -0.129. The number of hydrogen-bond acceptors (Lipinski definition) is 6. The zero-order chi connectivity index (χ0) is 22.5. The molecule has 1 aromatic carbocycles. The van der Waals surface area contributed by atoms with Crippen LogP contribution in [0.2, 0.25) is 5.15 Å². The van der Waals surface area contributed by atoms with Crippen molar-refractivity contribution in [2.24, 2.45) is 11.1 Å². The van der Waals surface area contributed by atoms with Gasteiger partial charge >= 0.3 is 0 Å². The molecule has 2 amide bonds. The number of sulfone groups is 1. The van der Waals surface area contributed by atoms with Gasteiger partial charge in [0, 0.05) is 11.8 Å². The van der Waals surface area contributed by atoms with E-state index in [0.29, 0.717) is 5.15 Å². The van der Waals surface area contributed by atoms with E-state index in [1.807, 2.05) is 0 Å². The Hall–Kier alpha value is -2.96. The van der Waals surface area contributed by atoms with Crippen LogP contribution in [0.1, 0.15) is 20.3 Å². The molecule has 2 rings (SSSR count). The maximum atomic E-state index is 12.8. The summed E-state index contributed by atoms with van der Waals surface area (Å²) < 4.78 is 25.7. The third kappa shape index (κ3) is 6.02. The molecule has 0 spiro atoms. The number of rotatable bonds is 8. The van der Waals surface area contributed by atoms with Crippen LogP contribution >= 0.6 is 11.6 Å². The second-order valence-corrected chi connectivity index (χ2v) is 9.74. The highest BCUT2D eigenvalue weighted by atomic mass is 35.5. The molecule has 0 aliphatic heterocycles. The largest absolute Gasteiger partial charge is 0.370 e. The summed E-state index contributed by atoms with van der Waals surface area (Å²) in [6.45, 7) is 2.90. The van der Waals surface area contributed by atoms with Crippen LogP contribution in [0.3, 0.4) is 0 Å². The predicted molar refractivity (Wildman–Crippen MR) is 112 cm³/mol. The summed E-state index contributed by atoms with van der Waals surface area (Å²) >= 11 is 5.77. The standard InChI is InChI=1S/C20H21ClN4O4S/c1-20(2,19(27)25-15(10-22)9-18(23)26)12-30(28,29)16-6-3-13(4-7-16)14-5-8-17(21)24-11-14/h3-8,11,15H,9,12H2,1-2H3,(H2,23,26)(H,25,27)/t15-/m0/s1. The fourth-order valence-electron chi connectivity index (χ4n) is 2.71. The molecule has 0 unspecified atom stereocenters. The number of nitrogens with zero attached hydrogens (tertiary/aromatic N) is 2. The first-order valence-corrected chi connectivity index (χ1v) is 10.9. The van der Waals surface area contributed by atoms with Gasteiger partial charge < -0.3 is 11.1 Å². The molecule has 3 N–H and O–H groups in total. The molecule has 158 valence electrons. The number of nitrogens with two attached hydrogens (primary N) is 1. The lowest BCUT2D eigenvalue weighted by Crippen LogP contribution is -2.46. The van der Waals surface area contributed by atoms with Crippen LogP contribution in [0.25, 0.3) is 11.1 Å². The number of halogens is 1. The number of carbonyl (C=O) groups is 2. The summed E-state index contributed by atoms with van der Waals surface area (Å²) in [7, 11) is -3.81. The number of benzene rings is 1. The summed E-state index contributed by atoms with van der Waals surface area (Å²) in [4.78, 5) is 27.5. The van der Waals surface area contributed by atoms with Gasteiger partial charge in [-0.15, -0.1) is 0 Å². The van der Waals surface area contributed by atoms with E-state index in [-0.39, 0.29) is 11.3 Å². The Balaban J connectivity index is 2.16. The van der Waals surface area contributed by atoms with Gasteiger partial charge in [-0.3, -0.25) is 9.59 Å². The molecule has 0 saturated heterocycles. The number of primary amides is 1. The molecule has 1 aromatic heterocycles. The molecule has 8 nitrogen and oxygen atoms in total. The van der Waals surface area contributed by atoms with Crippen LogP contribution in [0.5, 0.6) is 0 Å². The Bertz CT molecular complexity index is 1080. The molecule has 0 aliphatic carbocycles. The molecule has 30 heavy (non-hydrogen) atoms. The summed E-state index contributed by atoms with van der Waals surface area (Å²) in [5.74, 6) is -1.89. The number of nitrogens with one attached hydrogen (secondary N) is 1. The van der Waals surface area contributed by atoms with Crippen molar-refractivity contribution in [3.63, 3.8) is 0 Å². The third-order valence-corrected chi connectivity index (χ3v) is 6.62. The summed E-state index contributed by atoms with van der Waals surface area (Å²) in [5.41, 5.74) is 5.24. The van der Waals surface area contributed by atoms with E-state index in [1.54, 1.807) is 36.5 Å². The minimum Gasteiger partial charge on any atom is -0.370 e. The van der Waals surface area contributed by atoms with Gasteiger partial charge in [0.05, 0.1) is 28.6 Å². The molecule has 2 aromatic rings. The summed E-state index contributed by atoms with van der Waals surface area (Å²) in [6, 6.07) is 10.2. The highest BCUT2D eigenvalue weighted by molar-refractivity contribution is 7.91. The Morgan fingerprint density at radius 2 is 1.80 bits per heavy atom. The van der Waals surface area contributed by atoms with Gasteiger partial charge in [-0.25, -0.2) is 13.4 Å². The lowest BCUT2D eigenvalue weighted by Gasteiger charge is -2.24. The summed E-state index contributed by atoms with van der Waals surface area (Å²) in [6.07, 6.45) is 1.23. The topological polar surface area (TPSA) is 143 Å². The maximum Gasteiger partial charge on any atom is 0.227 e. The van der Waals surface area contributed by atoms with Crippen molar-refractivity contribution in [2.75, 3.05) is 5.75 Å². The molecule has 0 saturated carbocycles. The second kappa shape index (κ2) is 9.24. The number of pyridine rings is 1. The van der Waals surface area contributed by atoms with Crippen molar-refractivity contribution in [1.82, 2.24) is 10.3 Å². The van der Waals surface area contributed by atoms with Gasteiger partial charge in [-0.05, 0) is 29.8 Å². The van der Waals surface area contributed by atoms with Crippen molar-refractivity contribution in [2.45, 2.75) is 31.2 Å². The number of nitriles is 1. The zero-order valence-corrected chi connectivity index (χ0v) is 18.0. The fraction of sp³-hybridized carbons (Fsp3) is 0.300. The molecule has 1 heterocycles. The Kier molecular flexibility index (Phi) is 7.18. The van der Waals surface area contributed by atoms with E-state index in [9.17, 15) is 18.0 Å². The number of aromatic nitrogens is 1. The van der Waals surface area contributed by atoms with Gasteiger partial charge in [-0.2, -0.15) is 5.26 Å². The molecule has 1 atom stereocenters. The van der Waals surface area contributed by atoms with E-state index in [4.69, 9.17) is 22.6 Å². The van der Waals surface area contributed by atoms with Crippen LogP contribution in [0, 0.1) is 16.7 Å². The van der Waals surface area contributed by atoms with Gasteiger partial charge in [0.25, 0.3) is 0 Å². The van der Waals surface area contributed by atoms with E-state index in [1.165, 1.54) is 26.0 Å². The van der Waals surface area contributed by atoms with Crippen molar-refractivity contribution >= 4 is 33.3 Å². The average molecular weight is 449 g/mol. The number of amides is 2. The van der Waals surface area contributed by atoms with E-state index < -0.39 is 38.9 Å². The maximum absolute atomic E-state index is 12.8. The first kappa shape index (κ1) is 23.3. The predicted octanol–water partition coefficient (Wildman–Crippen LogP) is 2.09. The van der Waals surface area contributed by atoms with Crippen LogP contribution < -0.4 is 11.1 Å². The Morgan fingerprint density at radius 1 is 1.20 bits per heavy atom. The quantitative estimate of drug-likeness (QED) is 0.591. The van der Waals surface area contributed by atoms with Crippen molar-refractivity contribution < 1.29 is 18.0 Å². The smallest absolute Gasteiger partial charge is 0.227 e. The van der Waals surface area contributed by atoms with Crippen molar-refractivity contribution in [3.8, 4) is 17.2 Å². The third-order valence-electron chi connectivity index (χ3n) is 4.31. The van der Waals surface area contributed by atoms with Crippen molar-refractivity contribution in [1.29, 1.82) is 5.26 Å². The highest BCUT2D eigenvalue weighted by Gasteiger charge is 2.35. The minimum absolute atomic E-state index is 0.0583. The minimum atomic E-state index is -3.81. The fourth-order valence-corrected chi connectivity index (χ4v) is 4.62. The van der Waals surface area contributed by atoms with E-state index in [2.05, 4.69) is 10.3 Å². The number of carbonyl (C=O) groups excluding carboxylic acids is 2. The van der Waals surface area contributed by atoms with Crippen LogP contribution in [-0.4, -0.2) is 37.0 Å². The molecule has 0 aliphatic rings. The van der Waals surface area contributed by atoms with Crippen molar-refractivity contribution in [3.05, 3.63) is 47.7 Å². The summed E-state index contributed by atoms with van der Waals surface area (Å²) in [5, 5.41) is 11.8. The average Bonchev–Trinajstić information content (AvgIpc) is 2.67. The van der Waals surface area contributed by atoms with Gasteiger partial charge in [-0.1, -0.05) is 37.6 Å². The van der Waals surface area contributed by atoms with Gasteiger partial charge in [0.2, 0.25) is 11.8 Å². The molecular weight excluding hydrogens is 428 g/mol. The molecule has 0 radical (unpaired) electrons. The normalized spacial score (nSPS) is 12.6. The zero-order valence-electron chi connectivity index (χ0n) is 16.4. The molecular formula is C20H21ClN4O4S. The SMILES string of the molecule is CC(C)(CS(=O)(=O)c1ccc(-c2ccc(Cl)nc2)cc1)C(=O)N[C@H](C#N)CC(N)=O. The molecule has 10 heteroatoms. The lowest BCUT2D eigenvalue weighted by atomic mass is 9.94. The van der Waals surface area contributed by atoms with Crippen LogP contribution in [-0.2, 0) is 19.4 Å². The first-order valence-electron chi connectivity index (χ1n) is 8.88. The monoisotopic (exact) mass is 448 g/mol. The van der Waals surface area contributed by atoms with Gasteiger partial charge in [0.15, 0.2) is 9.84 Å². The van der Waals surface area contributed by atoms with Crippen LogP contribution in [0.15, 0.2) is 47.5 Å². The van der Waals surface area contributed by atoms with E-state index >= 15 is 0 Å². The number of hydrogen-bond donors (Lipinski definition) is 2. The second-order valence-electron chi connectivity index (χ2n) is 7.36. The van der Waals surface area contributed by atoms with Crippen LogP contribution in [0.4, 0.5) is 0 Å². The molecule has 0 fully saturated rings. The first-order chi connectivity index (χ1) is 13.9. The Morgan fingerprint density at radius 3 is 2.30 bits per heavy atom. The molecule has 0 bridgehead atoms. The Labute approximate surface area is 180 Å². The highest BCUT2D eigenvalue weighted by Crippen LogP contribution is 2.26. The van der Waals surface area contributed by atoms with Gasteiger partial charge in [0.1, 0.15) is 11.2 Å². The van der Waals surface area contributed by atoms with E-state index in [0.717, 1.165) is 11.1 Å².